The topological polar surface area (TPSA) is 88.4 Å². The van der Waals surface area contributed by atoms with Crippen LogP contribution in [0.25, 0.3) is 5.69 Å². The van der Waals surface area contributed by atoms with Gasteiger partial charge in [0, 0.05) is 44.5 Å². The molecule has 152 valence electrons. The first-order valence-electron chi connectivity index (χ1n) is 9.85. The number of tetrazole rings is 1. The first kappa shape index (κ1) is 20.2. The molecule has 0 aliphatic carbocycles. The van der Waals surface area contributed by atoms with E-state index in [0.29, 0.717) is 18.4 Å². The second-order valence-electron chi connectivity index (χ2n) is 6.86. The highest BCUT2D eigenvalue weighted by Gasteiger charge is 2.28. The van der Waals surface area contributed by atoms with Gasteiger partial charge >= 0.3 is 6.03 Å². The number of aromatic nitrogens is 4. The largest absolute Gasteiger partial charge is 0.380 e. The number of ether oxygens (including phenoxy) is 1. The number of anilines is 1. The zero-order chi connectivity index (χ0) is 19.9. The third kappa shape index (κ3) is 4.85. The minimum absolute atomic E-state index is 0.0755. The number of urea groups is 1. The smallest absolute Gasteiger partial charge is 0.321 e. The van der Waals surface area contributed by atoms with E-state index in [0.717, 1.165) is 50.6 Å². The maximum absolute atomic E-state index is 12.8. The fourth-order valence-electron chi connectivity index (χ4n) is 3.47. The number of carbonyl (C=O) groups excluding carboxylic acids is 1. The van der Waals surface area contributed by atoms with Crippen molar-refractivity contribution in [2.45, 2.75) is 33.2 Å². The van der Waals surface area contributed by atoms with Gasteiger partial charge in [-0.15, -0.1) is 5.10 Å². The van der Waals surface area contributed by atoms with Crippen molar-refractivity contribution in [3.63, 3.8) is 0 Å². The van der Waals surface area contributed by atoms with E-state index in [2.05, 4.69) is 32.7 Å². The van der Waals surface area contributed by atoms with E-state index < -0.39 is 0 Å². The van der Waals surface area contributed by atoms with Crippen molar-refractivity contribution < 1.29 is 9.53 Å². The normalized spacial score (nSPS) is 17.7. The van der Waals surface area contributed by atoms with E-state index in [4.69, 9.17) is 4.74 Å². The van der Waals surface area contributed by atoms with Crippen molar-refractivity contribution in [1.82, 2.24) is 30.0 Å². The molecule has 1 atom stereocenters. The Morgan fingerprint density at radius 1 is 1.32 bits per heavy atom. The second kappa shape index (κ2) is 9.61. The molecule has 0 bridgehead atoms. The lowest BCUT2D eigenvalue weighted by atomic mass is 10.1. The molecule has 0 radical (unpaired) electrons. The summed E-state index contributed by atoms with van der Waals surface area (Å²) in [4.78, 5) is 17.1. The quantitative estimate of drug-likeness (QED) is 0.731. The van der Waals surface area contributed by atoms with Crippen molar-refractivity contribution in [1.29, 1.82) is 0 Å². The molecule has 1 fully saturated rings. The van der Waals surface area contributed by atoms with Gasteiger partial charge in [-0.2, -0.15) is 4.68 Å². The third-order valence-corrected chi connectivity index (χ3v) is 5.06. The molecule has 28 heavy (non-hydrogen) atoms. The standard InChI is InChI=1S/C19H29N7O2/c1-4-17-14-25(10-9-24(17)11-12-28-5-2)19(27)20-16-7-6-8-18(13-16)26-15(3)21-22-23-26/h6-8,13,17H,4-5,9-12,14H2,1-3H3,(H,20,27). The number of amides is 2. The average molecular weight is 387 g/mol. The number of rotatable bonds is 7. The van der Waals surface area contributed by atoms with E-state index in [1.54, 1.807) is 4.68 Å². The Hall–Kier alpha value is -2.52. The number of carbonyl (C=O) groups is 1. The highest BCUT2D eigenvalue weighted by atomic mass is 16.5. The zero-order valence-corrected chi connectivity index (χ0v) is 16.8. The van der Waals surface area contributed by atoms with Gasteiger partial charge in [0.2, 0.25) is 0 Å². The Kier molecular flexibility index (Phi) is 6.94. The number of nitrogens with one attached hydrogen (secondary N) is 1. The number of nitrogens with zero attached hydrogens (tertiary/aromatic N) is 6. The maximum atomic E-state index is 12.8. The van der Waals surface area contributed by atoms with Crippen LogP contribution in [-0.4, -0.2) is 81.5 Å². The third-order valence-electron chi connectivity index (χ3n) is 5.06. The Balaban J connectivity index is 1.60. The Morgan fingerprint density at radius 2 is 2.18 bits per heavy atom. The van der Waals surface area contributed by atoms with Crippen LogP contribution in [0.3, 0.4) is 0 Å². The first-order chi connectivity index (χ1) is 13.6. The first-order valence-corrected chi connectivity index (χ1v) is 9.85. The van der Waals surface area contributed by atoms with Gasteiger partial charge in [0.1, 0.15) is 0 Å². The van der Waals surface area contributed by atoms with Crippen LogP contribution in [0, 0.1) is 6.92 Å². The molecule has 1 N–H and O–H groups in total. The predicted octanol–water partition coefficient (Wildman–Crippen LogP) is 1.94. The van der Waals surface area contributed by atoms with Crippen molar-refractivity contribution in [3.05, 3.63) is 30.1 Å². The van der Waals surface area contributed by atoms with Crippen LogP contribution < -0.4 is 5.32 Å². The SMILES string of the molecule is CCOCCN1CCN(C(=O)Nc2cccc(-n3nnnc3C)c2)CC1CC. The average Bonchev–Trinajstić information content (AvgIpc) is 3.14. The minimum Gasteiger partial charge on any atom is -0.380 e. The number of benzene rings is 1. The van der Waals surface area contributed by atoms with E-state index in [1.165, 1.54) is 0 Å². The van der Waals surface area contributed by atoms with E-state index >= 15 is 0 Å². The van der Waals surface area contributed by atoms with Crippen LogP contribution in [0.5, 0.6) is 0 Å². The van der Waals surface area contributed by atoms with Gasteiger partial charge in [0.15, 0.2) is 5.82 Å². The summed E-state index contributed by atoms with van der Waals surface area (Å²) in [5, 5.41) is 14.5. The van der Waals surface area contributed by atoms with Crippen LogP contribution in [0.1, 0.15) is 26.1 Å². The summed E-state index contributed by atoms with van der Waals surface area (Å²) in [5.74, 6) is 0.692. The highest BCUT2D eigenvalue weighted by molar-refractivity contribution is 5.89. The number of aryl methyl sites for hydroxylation is 1. The molecule has 2 amide bonds. The summed E-state index contributed by atoms with van der Waals surface area (Å²) in [5.41, 5.74) is 1.54. The van der Waals surface area contributed by atoms with Gasteiger partial charge in [-0.3, -0.25) is 4.90 Å². The molecular formula is C19H29N7O2. The monoisotopic (exact) mass is 387 g/mol. The zero-order valence-electron chi connectivity index (χ0n) is 16.8. The molecule has 3 rings (SSSR count). The molecule has 1 saturated heterocycles. The minimum atomic E-state index is -0.0755. The molecule has 9 nitrogen and oxygen atoms in total. The van der Waals surface area contributed by atoms with E-state index in [-0.39, 0.29) is 6.03 Å². The number of hydrogen-bond acceptors (Lipinski definition) is 6. The van der Waals surface area contributed by atoms with Crippen LogP contribution in [0.15, 0.2) is 24.3 Å². The van der Waals surface area contributed by atoms with Crippen LogP contribution >= 0.6 is 0 Å². The molecule has 1 unspecified atom stereocenters. The summed E-state index contributed by atoms with van der Waals surface area (Å²) in [6.07, 6.45) is 1.00. The predicted molar refractivity (Wildman–Crippen MR) is 107 cm³/mol. The Labute approximate surface area is 165 Å². The van der Waals surface area contributed by atoms with Crippen molar-refractivity contribution in [2.75, 3.05) is 44.7 Å². The Morgan fingerprint density at radius 3 is 2.89 bits per heavy atom. The fraction of sp³-hybridized carbons (Fsp3) is 0.579. The molecule has 9 heteroatoms. The van der Waals surface area contributed by atoms with Crippen LogP contribution in [-0.2, 0) is 4.74 Å². The molecule has 1 aromatic carbocycles. The number of piperazine rings is 1. The van der Waals surface area contributed by atoms with Gasteiger partial charge in [0.05, 0.1) is 12.3 Å². The van der Waals surface area contributed by atoms with Gasteiger partial charge in [-0.05, 0) is 48.9 Å². The number of hydrogen-bond donors (Lipinski definition) is 1. The summed E-state index contributed by atoms with van der Waals surface area (Å²) >= 11 is 0. The van der Waals surface area contributed by atoms with Gasteiger partial charge in [-0.1, -0.05) is 13.0 Å². The molecule has 2 aromatic rings. The molecule has 1 aromatic heterocycles. The maximum Gasteiger partial charge on any atom is 0.321 e. The molecular weight excluding hydrogens is 358 g/mol. The second-order valence-corrected chi connectivity index (χ2v) is 6.86. The van der Waals surface area contributed by atoms with Gasteiger partial charge in [0.25, 0.3) is 0 Å². The van der Waals surface area contributed by atoms with E-state index in [1.807, 2.05) is 43.0 Å². The van der Waals surface area contributed by atoms with E-state index in [9.17, 15) is 4.79 Å². The summed E-state index contributed by atoms with van der Waals surface area (Å²) in [6, 6.07) is 7.81. The molecule has 2 heterocycles. The van der Waals surface area contributed by atoms with Crippen LogP contribution in [0.4, 0.5) is 10.5 Å². The van der Waals surface area contributed by atoms with Crippen LogP contribution in [0.2, 0.25) is 0 Å². The van der Waals surface area contributed by atoms with Crippen molar-refractivity contribution >= 4 is 11.7 Å². The fourth-order valence-corrected chi connectivity index (χ4v) is 3.47. The highest BCUT2D eigenvalue weighted by Crippen LogP contribution is 2.17. The van der Waals surface area contributed by atoms with Crippen molar-refractivity contribution in [3.8, 4) is 5.69 Å². The summed E-state index contributed by atoms with van der Waals surface area (Å²) in [6.45, 7) is 10.7. The molecule has 1 aliphatic heterocycles. The lowest BCUT2D eigenvalue weighted by Crippen LogP contribution is -2.56. The Bertz CT molecular complexity index is 779. The van der Waals surface area contributed by atoms with Gasteiger partial charge < -0.3 is 15.0 Å². The van der Waals surface area contributed by atoms with Crippen molar-refractivity contribution in [2.24, 2.45) is 0 Å². The lowest BCUT2D eigenvalue weighted by molar-refractivity contribution is 0.0545. The molecule has 0 saturated carbocycles. The summed E-state index contributed by atoms with van der Waals surface area (Å²) in [7, 11) is 0. The molecule has 1 aliphatic rings. The lowest BCUT2D eigenvalue weighted by Gasteiger charge is -2.41. The van der Waals surface area contributed by atoms with Gasteiger partial charge in [-0.25, -0.2) is 4.79 Å². The molecule has 0 spiro atoms. The summed E-state index contributed by atoms with van der Waals surface area (Å²) < 4.78 is 7.12.